The molecule has 0 bridgehead atoms. The van der Waals surface area contributed by atoms with E-state index in [-0.39, 0.29) is 0 Å². The van der Waals surface area contributed by atoms with Crippen LogP contribution in [0.3, 0.4) is 0 Å². The van der Waals surface area contributed by atoms with Gasteiger partial charge in [-0.1, -0.05) is 31.1 Å². The quantitative estimate of drug-likeness (QED) is 0.565. The second kappa shape index (κ2) is 6.50. The summed E-state index contributed by atoms with van der Waals surface area (Å²) in [5.41, 5.74) is 6.27. The predicted molar refractivity (Wildman–Crippen MR) is 94.0 cm³/mol. The predicted octanol–water partition coefficient (Wildman–Crippen LogP) is 5.97. The van der Waals surface area contributed by atoms with Crippen LogP contribution in [0.15, 0.2) is 27.8 Å². The Hall–Kier alpha value is -0.850. The van der Waals surface area contributed by atoms with Gasteiger partial charge in [0.15, 0.2) is 0 Å². The molecule has 1 aliphatic carbocycles. The van der Waals surface area contributed by atoms with Gasteiger partial charge >= 0.3 is 0 Å². The van der Waals surface area contributed by atoms with E-state index >= 15 is 0 Å². The molecule has 0 amide bonds. The van der Waals surface area contributed by atoms with Crippen LogP contribution in [0.4, 0.5) is 0 Å². The summed E-state index contributed by atoms with van der Waals surface area (Å²) in [7, 11) is 0. The van der Waals surface area contributed by atoms with E-state index in [0.717, 1.165) is 18.4 Å². The molecule has 1 heteroatoms. The van der Waals surface area contributed by atoms with Gasteiger partial charge < -0.3 is 0 Å². The maximum absolute atomic E-state index is 4.94. The van der Waals surface area contributed by atoms with Crippen LogP contribution in [0.1, 0.15) is 73.6 Å². The molecule has 21 heavy (non-hydrogen) atoms. The van der Waals surface area contributed by atoms with Crippen molar-refractivity contribution < 1.29 is 0 Å². The molecule has 0 aromatic rings. The largest absolute Gasteiger partial charge is 0.289 e. The molecule has 1 aliphatic heterocycles. The zero-order chi connectivity index (χ0) is 15.6. The Morgan fingerprint density at radius 3 is 2.76 bits per heavy atom. The van der Waals surface area contributed by atoms with Gasteiger partial charge in [0.2, 0.25) is 0 Å². The molecule has 2 rings (SSSR count). The van der Waals surface area contributed by atoms with E-state index in [4.69, 9.17) is 4.99 Å². The Bertz CT molecular complexity index is 476. The summed E-state index contributed by atoms with van der Waals surface area (Å²) in [6, 6.07) is 0. The molecule has 118 valence electrons. The normalized spacial score (nSPS) is 30.6. The summed E-state index contributed by atoms with van der Waals surface area (Å²) in [6.45, 7) is 15.0. The lowest BCUT2D eigenvalue weighted by atomic mass is 9.58. The number of fused-ring (bicyclic) bond motifs is 1. The summed E-state index contributed by atoms with van der Waals surface area (Å²) in [4.78, 5) is 4.94. The lowest BCUT2D eigenvalue weighted by Gasteiger charge is -2.47. The molecule has 0 aromatic heterocycles. The van der Waals surface area contributed by atoms with Crippen LogP contribution in [0.25, 0.3) is 0 Å². The minimum absolute atomic E-state index is 0.326. The first-order valence-electron chi connectivity index (χ1n) is 8.71. The highest BCUT2D eigenvalue weighted by Gasteiger charge is 2.45. The van der Waals surface area contributed by atoms with Crippen LogP contribution < -0.4 is 0 Å². The van der Waals surface area contributed by atoms with Gasteiger partial charge in [0.1, 0.15) is 0 Å². The molecule has 0 N–H and O–H groups in total. The zero-order valence-corrected chi connectivity index (χ0v) is 14.9. The van der Waals surface area contributed by atoms with Crippen LogP contribution >= 0.6 is 0 Å². The van der Waals surface area contributed by atoms with Crippen molar-refractivity contribution in [3.8, 4) is 0 Å². The van der Waals surface area contributed by atoms with Crippen molar-refractivity contribution in [3.05, 3.63) is 22.8 Å². The van der Waals surface area contributed by atoms with Crippen molar-refractivity contribution >= 4 is 5.71 Å². The topological polar surface area (TPSA) is 12.4 Å². The maximum Gasteiger partial charge on any atom is 0.0438 e. The van der Waals surface area contributed by atoms with Crippen LogP contribution in [-0.4, -0.2) is 12.3 Å². The lowest BCUT2D eigenvalue weighted by Crippen LogP contribution is -2.45. The fourth-order valence-corrected chi connectivity index (χ4v) is 4.43. The molecule has 1 heterocycles. The standard InChI is InChI=1S/C20H33N/c1-14(2)8-7-9-16(4)18-11-13-21-19-17(5)15(3)10-12-20(18,19)6/h8,16,18H,7,9-13H2,1-6H3/t16?,18-,20+/m0/s1. The Morgan fingerprint density at radius 2 is 2.10 bits per heavy atom. The van der Waals surface area contributed by atoms with Gasteiger partial charge in [0.05, 0.1) is 0 Å². The van der Waals surface area contributed by atoms with Crippen LogP contribution in [-0.2, 0) is 0 Å². The van der Waals surface area contributed by atoms with E-state index in [1.54, 1.807) is 5.57 Å². The van der Waals surface area contributed by atoms with Gasteiger partial charge in [-0.2, -0.15) is 0 Å². The van der Waals surface area contributed by atoms with Crippen LogP contribution in [0.2, 0.25) is 0 Å². The van der Waals surface area contributed by atoms with Gasteiger partial charge in [-0.25, -0.2) is 0 Å². The number of aliphatic imine (C=N–C) groups is 1. The van der Waals surface area contributed by atoms with Crippen molar-refractivity contribution in [3.63, 3.8) is 0 Å². The fraction of sp³-hybridized carbons (Fsp3) is 0.750. The van der Waals surface area contributed by atoms with E-state index in [1.807, 2.05) is 0 Å². The second-order valence-electron chi connectivity index (χ2n) is 7.78. The SMILES string of the molecule is CC(C)=CCCC(C)[C@@H]1CCN=C2C(C)=C(C)CC[C@@]21C. The molecular weight excluding hydrogens is 254 g/mol. The molecule has 0 saturated carbocycles. The first-order chi connectivity index (χ1) is 9.86. The van der Waals surface area contributed by atoms with Gasteiger partial charge in [-0.3, -0.25) is 4.99 Å². The minimum atomic E-state index is 0.326. The van der Waals surface area contributed by atoms with Crippen molar-refractivity contribution in [2.45, 2.75) is 73.6 Å². The van der Waals surface area contributed by atoms with Gasteiger partial charge in [-0.05, 0) is 77.2 Å². The average molecular weight is 287 g/mol. The molecule has 0 saturated heterocycles. The highest BCUT2D eigenvalue weighted by atomic mass is 14.8. The van der Waals surface area contributed by atoms with E-state index < -0.39 is 0 Å². The fourth-order valence-electron chi connectivity index (χ4n) is 4.43. The van der Waals surface area contributed by atoms with Crippen molar-refractivity contribution in [2.75, 3.05) is 6.54 Å². The number of allylic oxidation sites excluding steroid dienone is 4. The Morgan fingerprint density at radius 1 is 1.38 bits per heavy atom. The third-order valence-corrected chi connectivity index (χ3v) is 5.95. The lowest BCUT2D eigenvalue weighted by molar-refractivity contribution is 0.158. The number of hydrogen-bond acceptors (Lipinski definition) is 1. The van der Waals surface area contributed by atoms with Crippen molar-refractivity contribution in [1.29, 1.82) is 0 Å². The summed E-state index contributed by atoms with van der Waals surface area (Å²) in [6.07, 6.45) is 8.79. The van der Waals surface area contributed by atoms with Crippen LogP contribution in [0, 0.1) is 17.3 Å². The summed E-state index contributed by atoms with van der Waals surface area (Å²) >= 11 is 0. The van der Waals surface area contributed by atoms with Crippen molar-refractivity contribution in [2.24, 2.45) is 22.2 Å². The summed E-state index contributed by atoms with van der Waals surface area (Å²) in [5.74, 6) is 1.60. The molecule has 0 fully saturated rings. The number of hydrogen-bond donors (Lipinski definition) is 0. The molecule has 1 unspecified atom stereocenters. The molecular formula is C20H33N. The Balaban J connectivity index is 2.16. The first kappa shape index (κ1) is 16.5. The third kappa shape index (κ3) is 3.33. The maximum atomic E-state index is 4.94. The molecule has 0 spiro atoms. The molecule has 0 radical (unpaired) electrons. The summed E-state index contributed by atoms with van der Waals surface area (Å²) in [5, 5.41) is 0. The van der Waals surface area contributed by atoms with Gasteiger partial charge in [0, 0.05) is 17.7 Å². The summed E-state index contributed by atoms with van der Waals surface area (Å²) < 4.78 is 0. The second-order valence-corrected chi connectivity index (χ2v) is 7.78. The van der Waals surface area contributed by atoms with Crippen LogP contribution in [0.5, 0.6) is 0 Å². The number of nitrogens with zero attached hydrogens (tertiary/aromatic N) is 1. The van der Waals surface area contributed by atoms with E-state index in [1.165, 1.54) is 49.0 Å². The minimum Gasteiger partial charge on any atom is -0.289 e. The van der Waals surface area contributed by atoms with Gasteiger partial charge in [-0.15, -0.1) is 0 Å². The van der Waals surface area contributed by atoms with Gasteiger partial charge in [0.25, 0.3) is 0 Å². The highest BCUT2D eigenvalue weighted by Crippen LogP contribution is 2.49. The van der Waals surface area contributed by atoms with E-state index in [9.17, 15) is 0 Å². The monoisotopic (exact) mass is 287 g/mol. The molecule has 1 nitrogen and oxygen atoms in total. The highest BCUT2D eigenvalue weighted by molar-refractivity contribution is 6.05. The Kier molecular flexibility index (Phi) is 5.11. The first-order valence-corrected chi connectivity index (χ1v) is 8.71. The number of rotatable bonds is 4. The third-order valence-electron chi connectivity index (χ3n) is 5.95. The molecule has 3 atom stereocenters. The molecule has 0 aromatic carbocycles. The molecule has 2 aliphatic rings. The van der Waals surface area contributed by atoms with E-state index in [0.29, 0.717) is 5.41 Å². The zero-order valence-electron chi connectivity index (χ0n) is 14.9. The van der Waals surface area contributed by atoms with E-state index in [2.05, 4.69) is 47.6 Å². The average Bonchev–Trinajstić information content (AvgIpc) is 2.42. The van der Waals surface area contributed by atoms with Crippen molar-refractivity contribution in [1.82, 2.24) is 0 Å². The smallest absolute Gasteiger partial charge is 0.0438 e. The Labute approximate surface area is 131 Å².